The number of thioether (sulfide) groups is 1. The molecule has 1 aliphatic rings. The molecule has 3 nitrogen and oxygen atoms in total. The van der Waals surface area contributed by atoms with Gasteiger partial charge in [-0.1, -0.05) is 18.6 Å². The minimum atomic E-state index is 0.405. The first kappa shape index (κ1) is 13.6. The molecule has 0 amide bonds. The molecule has 0 spiro atoms. The summed E-state index contributed by atoms with van der Waals surface area (Å²) in [7, 11) is 0. The number of thiocarbonyl (C=S) groups is 1. The van der Waals surface area contributed by atoms with Gasteiger partial charge in [-0.15, -0.1) is 0 Å². The maximum absolute atomic E-state index is 5.72. The van der Waals surface area contributed by atoms with Crippen molar-refractivity contribution >= 4 is 34.8 Å². The number of hydrogen-bond donors (Lipinski definition) is 2. The molecule has 1 aromatic rings. The lowest BCUT2D eigenvalue weighted by Crippen LogP contribution is -2.30. The van der Waals surface area contributed by atoms with E-state index in [1.165, 1.54) is 25.7 Å². The maximum Gasteiger partial charge on any atom is 0.136 e. The van der Waals surface area contributed by atoms with Crippen LogP contribution in [-0.4, -0.2) is 27.5 Å². The van der Waals surface area contributed by atoms with Crippen molar-refractivity contribution in [2.24, 2.45) is 5.73 Å². The molecule has 1 aliphatic carbocycles. The Morgan fingerprint density at radius 1 is 1.56 bits per heavy atom. The van der Waals surface area contributed by atoms with Crippen LogP contribution in [0.4, 0.5) is 5.82 Å². The minimum Gasteiger partial charge on any atom is -0.389 e. The average molecular weight is 281 g/mol. The van der Waals surface area contributed by atoms with Crippen molar-refractivity contribution < 1.29 is 0 Å². The summed E-state index contributed by atoms with van der Waals surface area (Å²) < 4.78 is 0. The Bertz CT molecular complexity index is 422. The van der Waals surface area contributed by atoms with Crippen molar-refractivity contribution in [2.75, 3.05) is 11.6 Å². The van der Waals surface area contributed by atoms with Crippen LogP contribution in [-0.2, 0) is 0 Å². The van der Waals surface area contributed by atoms with Gasteiger partial charge >= 0.3 is 0 Å². The van der Waals surface area contributed by atoms with E-state index in [-0.39, 0.29) is 0 Å². The molecule has 98 valence electrons. The number of anilines is 1. The quantitative estimate of drug-likeness (QED) is 0.831. The number of nitrogens with one attached hydrogen (secondary N) is 1. The monoisotopic (exact) mass is 281 g/mol. The highest BCUT2D eigenvalue weighted by Gasteiger charge is 2.22. The summed E-state index contributed by atoms with van der Waals surface area (Å²) in [5, 5.41) is 4.26. The third kappa shape index (κ3) is 3.36. The molecule has 1 aromatic heterocycles. The highest BCUT2D eigenvalue weighted by molar-refractivity contribution is 7.99. The number of hydrogen-bond acceptors (Lipinski definition) is 4. The molecule has 2 rings (SSSR count). The van der Waals surface area contributed by atoms with Gasteiger partial charge < -0.3 is 11.1 Å². The summed E-state index contributed by atoms with van der Waals surface area (Å²) in [6.45, 7) is 0. The van der Waals surface area contributed by atoms with E-state index < -0.39 is 0 Å². The van der Waals surface area contributed by atoms with Crippen molar-refractivity contribution in [1.82, 2.24) is 4.98 Å². The Labute approximate surface area is 118 Å². The third-order valence-electron chi connectivity index (χ3n) is 3.37. The smallest absolute Gasteiger partial charge is 0.136 e. The van der Waals surface area contributed by atoms with Crippen LogP contribution in [0.3, 0.4) is 0 Å². The van der Waals surface area contributed by atoms with Gasteiger partial charge in [-0.3, -0.25) is 0 Å². The first-order valence-electron chi connectivity index (χ1n) is 6.25. The summed E-state index contributed by atoms with van der Waals surface area (Å²) in [4.78, 5) is 4.76. The van der Waals surface area contributed by atoms with Gasteiger partial charge in [-0.2, -0.15) is 11.8 Å². The van der Waals surface area contributed by atoms with Gasteiger partial charge in [0.1, 0.15) is 10.8 Å². The number of aromatic nitrogens is 1. The standard InChI is InChI=1S/C13H19N3S2/c1-18-10-5-2-4-9(8-10)16-13-11(12(14)17)6-3-7-15-13/h3,6-7,9-10H,2,4-5,8H2,1H3,(H2,14,17)(H,15,16). The number of rotatable bonds is 4. The predicted molar refractivity (Wildman–Crippen MR) is 83.3 cm³/mol. The van der Waals surface area contributed by atoms with Gasteiger partial charge in [0.05, 0.1) is 5.56 Å². The van der Waals surface area contributed by atoms with E-state index in [1.807, 2.05) is 23.9 Å². The van der Waals surface area contributed by atoms with Gasteiger partial charge in [0.2, 0.25) is 0 Å². The molecule has 18 heavy (non-hydrogen) atoms. The molecular weight excluding hydrogens is 262 g/mol. The largest absolute Gasteiger partial charge is 0.389 e. The van der Waals surface area contributed by atoms with Gasteiger partial charge in [0.15, 0.2) is 0 Å². The van der Waals surface area contributed by atoms with E-state index in [0.29, 0.717) is 11.0 Å². The third-order valence-corrected chi connectivity index (χ3v) is 4.69. The fourth-order valence-corrected chi connectivity index (χ4v) is 3.39. The first-order valence-corrected chi connectivity index (χ1v) is 7.94. The zero-order chi connectivity index (χ0) is 13.0. The lowest BCUT2D eigenvalue weighted by molar-refractivity contribution is 0.473. The Kier molecular flexibility index (Phi) is 4.83. The Hall–Kier alpha value is -0.810. The zero-order valence-electron chi connectivity index (χ0n) is 10.6. The average Bonchev–Trinajstić information content (AvgIpc) is 2.39. The van der Waals surface area contributed by atoms with Gasteiger partial charge in [-0.05, 0) is 37.7 Å². The van der Waals surface area contributed by atoms with E-state index in [0.717, 1.165) is 16.6 Å². The number of nitrogens with two attached hydrogens (primary N) is 1. The number of nitrogens with zero attached hydrogens (tertiary/aromatic N) is 1. The van der Waals surface area contributed by atoms with Crippen LogP contribution in [0, 0.1) is 0 Å². The van der Waals surface area contributed by atoms with E-state index >= 15 is 0 Å². The van der Waals surface area contributed by atoms with E-state index in [1.54, 1.807) is 6.20 Å². The summed E-state index contributed by atoms with van der Waals surface area (Å²) in [5.41, 5.74) is 6.57. The highest BCUT2D eigenvalue weighted by Crippen LogP contribution is 2.29. The number of pyridine rings is 1. The van der Waals surface area contributed by atoms with Crippen molar-refractivity contribution in [3.63, 3.8) is 0 Å². The summed E-state index contributed by atoms with van der Waals surface area (Å²) in [6, 6.07) is 4.27. The Morgan fingerprint density at radius 2 is 2.39 bits per heavy atom. The zero-order valence-corrected chi connectivity index (χ0v) is 12.2. The van der Waals surface area contributed by atoms with Gasteiger partial charge in [0.25, 0.3) is 0 Å². The first-order chi connectivity index (χ1) is 8.70. The molecule has 0 saturated heterocycles. The second-order valence-corrected chi connectivity index (χ2v) is 6.21. The minimum absolute atomic E-state index is 0.405. The summed E-state index contributed by atoms with van der Waals surface area (Å²) in [5.74, 6) is 0.830. The second-order valence-electron chi connectivity index (χ2n) is 4.63. The lowest BCUT2D eigenvalue weighted by atomic mass is 9.95. The Balaban J connectivity index is 2.07. The maximum atomic E-state index is 5.72. The summed E-state index contributed by atoms with van der Waals surface area (Å²) in [6.07, 6.45) is 8.95. The van der Waals surface area contributed by atoms with Crippen LogP contribution in [0.5, 0.6) is 0 Å². The van der Waals surface area contributed by atoms with Crippen LogP contribution in [0.25, 0.3) is 0 Å². The van der Waals surface area contributed by atoms with Gasteiger partial charge in [-0.25, -0.2) is 4.98 Å². The fraction of sp³-hybridized carbons (Fsp3) is 0.538. The molecule has 5 heteroatoms. The van der Waals surface area contributed by atoms with Crippen LogP contribution in [0.1, 0.15) is 31.2 Å². The lowest BCUT2D eigenvalue weighted by Gasteiger charge is -2.29. The van der Waals surface area contributed by atoms with Crippen LogP contribution in [0.2, 0.25) is 0 Å². The molecular formula is C13H19N3S2. The fourth-order valence-electron chi connectivity index (χ4n) is 2.40. The van der Waals surface area contributed by atoms with E-state index in [2.05, 4.69) is 16.6 Å². The van der Waals surface area contributed by atoms with Crippen molar-refractivity contribution in [3.05, 3.63) is 23.9 Å². The molecule has 1 fully saturated rings. The van der Waals surface area contributed by atoms with Crippen molar-refractivity contribution in [2.45, 2.75) is 37.0 Å². The molecule has 0 bridgehead atoms. The molecule has 0 aromatic carbocycles. The van der Waals surface area contributed by atoms with Crippen LogP contribution >= 0.6 is 24.0 Å². The molecule has 1 saturated carbocycles. The van der Waals surface area contributed by atoms with Gasteiger partial charge in [0, 0.05) is 17.5 Å². The highest BCUT2D eigenvalue weighted by atomic mass is 32.2. The van der Waals surface area contributed by atoms with Crippen LogP contribution in [0.15, 0.2) is 18.3 Å². The van der Waals surface area contributed by atoms with E-state index in [9.17, 15) is 0 Å². The molecule has 2 unspecified atom stereocenters. The Morgan fingerprint density at radius 3 is 3.11 bits per heavy atom. The van der Waals surface area contributed by atoms with Crippen molar-refractivity contribution in [1.29, 1.82) is 0 Å². The predicted octanol–water partition coefficient (Wildman–Crippen LogP) is 2.80. The normalized spacial score (nSPS) is 23.6. The summed E-state index contributed by atoms with van der Waals surface area (Å²) >= 11 is 7.02. The SMILES string of the molecule is CSC1CCCC(Nc2ncccc2C(N)=S)C1. The van der Waals surface area contributed by atoms with Crippen LogP contribution < -0.4 is 11.1 Å². The molecule has 3 N–H and O–H groups in total. The topological polar surface area (TPSA) is 50.9 Å². The second kappa shape index (κ2) is 6.38. The molecule has 2 atom stereocenters. The van der Waals surface area contributed by atoms with Crippen molar-refractivity contribution in [3.8, 4) is 0 Å². The molecule has 0 radical (unpaired) electrons. The molecule has 0 aliphatic heterocycles. The molecule has 1 heterocycles. The van der Waals surface area contributed by atoms with E-state index in [4.69, 9.17) is 18.0 Å².